The number of sulfonamides is 1. The monoisotopic (exact) mass is 362 g/mol. The molecule has 0 aromatic heterocycles. The van der Waals surface area contributed by atoms with E-state index in [1.807, 2.05) is 23.1 Å². The minimum absolute atomic E-state index is 0.0280. The number of piperidine rings is 1. The number of carbonyl (C=O) groups excluding carboxylic acids is 1. The highest BCUT2D eigenvalue weighted by Gasteiger charge is 2.30. The van der Waals surface area contributed by atoms with Gasteiger partial charge in [0.05, 0.1) is 5.75 Å². The molecule has 1 aromatic rings. The van der Waals surface area contributed by atoms with Gasteiger partial charge in [0.15, 0.2) is 0 Å². The molecule has 1 atom stereocenters. The summed E-state index contributed by atoms with van der Waals surface area (Å²) in [6.07, 6.45) is 8.02. The second kappa shape index (κ2) is 8.15. The number of carbonyl (C=O) groups is 1. The topological polar surface area (TPSA) is 66.5 Å². The molecule has 5 nitrogen and oxygen atoms in total. The van der Waals surface area contributed by atoms with Crippen molar-refractivity contribution in [2.24, 2.45) is 5.92 Å². The fourth-order valence-electron chi connectivity index (χ4n) is 3.74. The van der Waals surface area contributed by atoms with Crippen molar-refractivity contribution in [3.63, 3.8) is 0 Å². The maximum atomic E-state index is 12.5. The minimum atomic E-state index is -3.42. The molecule has 1 N–H and O–H groups in total. The third-order valence-electron chi connectivity index (χ3n) is 4.94. The van der Waals surface area contributed by atoms with E-state index in [4.69, 9.17) is 0 Å². The molecule has 0 bridgehead atoms. The van der Waals surface area contributed by atoms with E-state index in [-0.39, 0.29) is 24.6 Å². The zero-order chi connectivity index (χ0) is 17.7. The molecule has 0 spiro atoms. The molecule has 1 amide bonds. The second-order valence-corrected chi connectivity index (χ2v) is 8.64. The third-order valence-corrected chi connectivity index (χ3v) is 6.29. The van der Waals surface area contributed by atoms with Gasteiger partial charge in [-0.05, 0) is 43.6 Å². The summed E-state index contributed by atoms with van der Waals surface area (Å²) in [7, 11) is -3.42. The highest BCUT2D eigenvalue weighted by Crippen LogP contribution is 2.35. The van der Waals surface area contributed by atoms with Crippen molar-refractivity contribution in [1.82, 2.24) is 9.62 Å². The molecule has 3 rings (SSSR count). The Hall–Kier alpha value is -1.66. The number of amides is 1. The molecular formula is C19H26N2O3S. The number of likely N-dealkylation sites (tertiary alicyclic amines) is 1. The first-order valence-corrected chi connectivity index (χ1v) is 10.7. The molecule has 0 radical (unpaired) electrons. The summed E-state index contributed by atoms with van der Waals surface area (Å²) in [6.45, 7) is 0.917. The standard InChI is InChI=1S/C19H26N2O3S/c22-19(21-14-6-10-17-9-4-5-11-18(17)21)12-13-20-25(23,24)15-16-7-2-1-3-8-16/h1-3,7-8,11,17,20H,4-6,9-10,12-15H2. The predicted octanol–water partition coefficient (Wildman–Crippen LogP) is 2.80. The van der Waals surface area contributed by atoms with Crippen molar-refractivity contribution in [3.05, 3.63) is 47.7 Å². The summed E-state index contributed by atoms with van der Waals surface area (Å²) in [6, 6.07) is 9.06. The Bertz CT molecular complexity index is 728. The number of hydrogen-bond acceptors (Lipinski definition) is 3. The first kappa shape index (κ1) is 18.1. The average Bonchev–Trinajstić information content (AvgIpc) is 2.61. The maximum Gasteiger partial charge on any atom is 0.228 e. The molecule has 1 heterocycles. The first-order valence-electron chi connectivity index (χ1n) is 9.07. The van der Waals surface area contributed by atoms with Gasteiger partial charge < -0.3 is 4.90 Å². The van der Waals surface area contributed by atoms with E-state index in [2.05, 4.69) is 10.8 Å². The fraction of sp³-hybridized carbons (Fsp3) is 0.526. The van der Waals surface area contributed by atoms with Gasteiger partial charge in [-0.25, -0.2) is 13.1 Å². The van der Waals surface area contributed by atoms with Crippen LogP contribution in [0.3, 0.4) is 0 Å². The van der Waals surface area contributed by atoms with Crippen LogP contribution in [0.1, 0.15) is 44.1 Å². The smallest absolute Gasteiger partial charge is 0.228 e. The zero-order valence-corrected chi connectivity index (χ0v) is 15.3. The van der Waals surface area contributed by atoms with Crippen LogP contribution in [0.5, 0.6) is 0 Å². The number of benzene rings is 1. The Morgan fingerprint density at radius 1 is 1.16 bits per heavy atom. The van der Waals surface area contributed by atoms with E-state index in [9.17, 15) is 13.2 Å². The van der Waals surface area contributed by atoms with Crippen molar-refractivity contribution in [1.29, 1.82) is 0 Å². The molecular weight excluding hydrogens is 336 g/mol. The number of fused-ring (bicyclic) bond motifs is 1. The van der Waals surface area contributed by atoms with Gasteiger partial charge in [0, 0.05) is 25.2 Å². The van der Waals surface area contributed by atoms with Crippen molar-refractivity contribution >= 4 is 15.9 Å². The van der Waals surface area contributed by atoms with Gasteiger partial charge in [0.25, 0.3) is 0 Å². The van der Waals surface area contributed by atoms with Crippen LogP contribution in [0.2, 0.25) is 0 Å². The summed E-state index contributed by atoms with van der Waals surface area (Å²) >= 11 is 0. The highest BCUT2D eigenvalue weighted by atomic mass is 32.2. The van der Waals surface area contributed by atoms with Crippen LogP contribution in [0, 0.1) is 5.92 Å². The van der Waals surface area contributed by atoms with E-state index in [0.717, 1.165) is 24.9 Å². The number of nitrogens with one attached hydrogen (secondary N) is 1. The molecule has 6 heteroatoms. The Labute approximate surface area is 150 Å². The summed E-state index contributed by atoms with van der Waals surface area (Å²) < 4.78 is 26.8. The average molecular weight is 362 g/mol. The van der Waals surface area contributed by atoms with Gasteiger partial charge in [0.1, 0.15) is 0 Å². The number of allylic oxidation sites excluding steroid dienone is 2. The van der Waals surface area contributed by atoms with E-state index in [1.54, 1.807) is 12.1 Å². The van der Waals surface area contributed by atoms with Crippen molar-refractivity contribution in [2.45, 2.75) is 44.3 Å². The lowest BCUT2D eigenvalue weighted by Crippen LogP contribution is -2.40. The lowest BCUT2D eigenvalue weighted by Gasteiger charge is -2.38. The number of nitrogens with zero attached hydrogens (tertiary/aromatic N) is 1. The summed E-state index contributed by atoms with van der Waals surface area (Å²) in [4.78, 5) is 14.4. The molecule has 25 heavy (non-hydrogen) atoms. The van der Waals surface area contributed by atoms with Crippen LogP contribution < -0.4 is 4.72 Å². The van der Waals surface area contributed by atoms with Crippen LogP contribution in [0.15, 0.2) is 42.1 Å². The molecule has 1 fully saturated rings. The molecule has 1 aromatic carbocycles. The van der Waals surface area contributed by atoms with Crippen molar-refractivity contribution in [2.75, 3.05) is 13.1 Å². The first-order chi connectivity index (χ1) is 12.1. The van der Waals surface area contributed by atoms with Gasteiger partial charge in [-0.15, -0.1) is 0 Å². The molecule has 1 aliphatic heterocycles. The Balaban J connectivity index is 1.51. The normalized spacial score (nSPS) is 20.7. The van der Waals surface area contributed by atoms with Crippen molar-refractivity contribution in [3.8, 4) is 0 Å². The van der Waals surface area contributed by atoms with Crippen LogP contribution in [-0.2, 0) is 20.6 Å². The quantitative estimate of drug-likeness (QED) is 0.846. The highest BCUT2D eigenvalue weighted by molar-refractivity contribution is 7.88. The molecule has 1 saturated heterocycles. The molecule has 2 aliphatic rings. The molecule has 0 saturated carbocycles. The van der Waals surface area contributed by atoms with Gasteiger partial charge >= 0.3 is 0 Å². The van der Waals surface area contributed by atoms with E-state index in [0.29, 0.717) is 5.92 Å². The molecule has 136 valence electrons. The lowest BCUT2D eigenvalue weighted by atomic mass is 9.85. The minimum Gasteiger partial charge on any atom is -0.316 e. The van der Waals surface area contributed by atoms with Gasteiger partial charge in [0.2, 0.25) is 15.9 Å². The van der Waals surface area contributed by atoms with Gasteiger partial charge in [-0.2, -0.15) is 0 Å². The van der Waals surface area contributed by atoms with Crippen LogP contribution in [-0.4, -0.2) is 32.3 Å². The SMILES string of the molecule is O=C(CCNS(=O)(=O)Cc1ccccc1)N1CCCC2CCCC=C21. The summed E-state index contributed by atoms with van der Waals surface area (Å²) in [5, 5.41) is 0. The second-order valence-electron chi connectivity index (χ2n) is 6.83. The number of rotatable bonds is 6. The third kappa shape index (κ3) is 4.92. The van der Waals surface area contributed by atoms with Gasteiger partial charge in [-0.3, -0.25) is 4.79 Å². The van der Waals surface area contributed by atoms with Gasteiger partial charge in [-0.1, -0.05) is 36.4 Å². The van der Waals surface area contributed by atoms with Crippen LogP contribution in [0.25, 0.3) is 0 Å². The van der Waals surface area contributed by atoms with E-state index < -0.39 is 10.0 Å². The van der Waals surface area contributed by atoms with E-state index >= 15 is 0 Å². The Morgan fingerprint density at radius 2 is 1.92 bits per heavy atom. The van der Waals surface area contributed by atoms with Crippen LogP contribution in [0.4, 0.5) is 0 Å². The lowest BCUT2D eigenvalue weighted by molar-refractivity contribution is -0.130. The summed E-state index contributed by atoms with van der Waals surface area (Å²) in [5.74, 6) is 0.486. The largest absolute Gasteiger partial charge is 0.316 e. The Morgan fingerprint density at radius 3 is 2.72 bits per heavy atom. The number of hydrogen-bond donors (Lipinski definition) is 1. The molecule has 1 unspecified atom stereocenters. The predicted molar refractivity (Wildman–Crippen MR) is 98.1 cm³/mol. The van der Waals surface area contributed by atoms with Crippen LogP contribution >= 0.6 is 0 Å². The van der Waals surface area contributed by atoms with Crippen molar-refractivity contribution < 1.29 is 13.2 Å². The summed E-state index contributed by atoms with van der Waals surface area (Å²) in [5.41, 5.74) is 1.92. The zero-order valence-electron chi connectivity index (χ0n) is 14.5. The molecule has 1 aliphatic carbocycles. The maximum absolute atomic E-state index is 12.5. The fourth-order valence-corrected chi connectivity index (χ4v) is 4.88. The Kier molecular flexibility index (Phi) is 5.91. The van der Waals surface area contributed by atoms with E-state index in [1.165, 1.54) is 25.0 Å².